The highest BCUT2D eigenvalue weighted by Gasteiger charge is 2.23. The molecule has 0 aliphatic rings. The number of anilines is 1. The van der Waals surface area contributed by atoms with Gasteiger partial charge in [-0.2, -0.15) is 0 Å². The van der Waals surface area contributed by atoms with Crippen molar-refractivity contribution < 1.29 is 24.2 Å². The summed E-state index contributed by atoms with van der Waals surface area (Å²) >= 11 is 0. The summed E-state index contributed by atoms with van der Waals surface area (Å²) in [5, 5.41) is 9.05. The number of ether oxygens (including phenoxy) is 2. The lowest BCUT2D eigenvalue weighted by Crippen LogP contribution is -2.07. The minimum Gasteiger partial charge on any atom is -0.495 e. The summed E-state index contributed by atoms with van der Waals surface area (Å²) in [5.41, 5.74) is 9.80. The van der Waals surface area contributed by atoms with Crippen molar-refractivity contribution in [3.05, 3.63) is 94.8 Å². The fourth-order valence-electron chi connectivity index (χ4n) is 3.65. The maximum Gasteiger partial charge on any atom is 0.335 e. The zero-order chi connectivity index (χ0) is 22.8. The first-order valence-corrected chi connectivity index (χ1v) is 9.93. The van der Waals surface area contributed by atoms with Gasteiger partial charge in [-0.3, -0.25) is 4.79 Å². The quantitative estimate of drug-likeness (QED) is 0.334. The Kier molecular flexibility index (Phi) is 5.55. The van der Waals surface area contributed by atoms with Crippen LogP contribution < -0.4 is 15.2 Å². The van der Waals surface area contributed by atoms with Crippen molar-refractivity contribution in [2.45, 2.75) is 13.5 Å². The summed E-state index contributed by atoms with van der Waals surface area (Å²) < 4.78 is 13.2. The SMILES string of the molecule is COc1cc(C(=O)c2c(C)c(OCc3ccc(C(=O)O)cc3)c3ccccn23)ccc1N. The number of aromatic nitrogens is 1. The molecule has 162 valence electrons. The minimum absolute atomic E-state index is 0.178. The van der Waals surface area contributed by atoms with E-state index in [1.807, 2.05) is 35.7 Å². The first-order chi connectivity index (χ1) is 15.4. The number of nitrogen functional groups attached to an aromatic ring is 1. The molecule has 2 aromatic heterocycles. The molecule has 4 aromatic rings. The smallest absolute Gasteiger partial charge is 0.335 e. The van der Waals surface area contributed by atoms with Gasteiger partial charge in [-0.1, -0.05) is 18.2 Å². The van der Waals surface area contributed by atoms with E-state index in [4.69, 9.17) is 20.3 Å². The predicted molar refractivity (Wildman–Crippen MR) is 121 cm³/mol. The maximum atomic E-state index is 13.4. The van der Waals surface area contributed by atoms with Crippen LogP contribution in [-0.2, 0) is 6.61 Å². The van der Waals surface area contributed by atoms with Crippen molar-refractivity contribution in [1.29, 1.82) is 0 Å². The Labute approximate surface area is 184 Å². The van der Waals surface area contributed by atoms with Crippen LogP contribution in [0.15, 0.2) is 66.9 Å². The van der Waals surface area contributed by atoms with Crippen molar-refractivity contribution >= 4 is 23.0 Å². The van der Waals surface area contributed by atoms with Crippen LogP contribution in [0.25, 0.3) is 5.52 Å². The van der Waals surface area contributed by atoms with Gasteiger partial charge in [-0.15, -0.1) is 0 Å². The molecular formula is C25H22N2O5. The van der Waals surface area contributed by atoms with Gasteiger partial charge < -0.3 is 24.7 Å². The normalized spacial score (nSPS) is 10.8. The molecule has 0 bridgehead atoms. The van der Waals surface area contributed by atoms with Gasteiger partial charge in [0.1, 0.15) is 23.8 Å². The molecule has 0 saturated carbocycles. The molecule has 7 heteroatoms. The third-order valence-corrected chi connectivity index (χ3v) is 5.32. The molecule has 0 unspecified atom stereocenters. The highest BCUT2D eigenvalue weighted by Crippen LogP contribution is 2.33. The molecular weight excluding hydrogens is 408 g/mol. The average molecular weight is 430 g/mol. The average Bonchev–Trinajstić information content (AvgIpc) is 3.08. The van der Waals surface area contributed by atoms with E-state index in [1.165, 1.54) is 19.2 Å². The van der Waals surface area contributed by atoms with Crippen LogP contribution in [0.1, 0.15) is 37.5 Å². The predicted octanol–water partition coefficient (Wildman–Crippen LogP) is 4.35. The number of benzene rings is 2. The number of carbonyl (C=O) groups excluding carboxylic acids is 1. The van der Waals surface area contributed by atoms with E-state index in [0.717, 1.165) is 11.1 Å². The second kappa shape index (κ2) is 8.47. The fraction of sp³-hybridized carbons (Fsp3) is 0.120. The summed E-state index contributed by atoms with van der Waals surface area (Å²) in [6.45, 7) is 2.08. The monoisotopic (exact) mass is 430 g/mol. The lowest BCUT2D eigenvalue weighted by atomic mass is 10.0. The molecule has 4 rings (SSSR count). The Balaban J connectivity index is 1.70. The number of carboxylic acids is 1. The number of fused-ring (bicyclic) bond motifs is 1. The number of rotatable bonds is 7. The van der Waals surface area contributed by atoms with E-state index < -0.39 is 5.97 Å². The largest absolute Gasteiger partial charge is 0.495 e. The van der Waals surface area contributed by atoms with Crippen molar-refractivity contribution in [2.24, 2.45) is 0 Å². The molecule has 0 atom stereocenters. The number of methoxy groups -OCH3 is 1. The molecule has 0 amide bonds. The molecule has 0 fully saturated rings. The third-order valence-electron chi connectivity index (χ3n) is 5.32. The van der Waals surface area contributed by atoms with E-state index in [1.54, 1.807) is 30.3 Å². The van der Waals surface area contributed by atoms with Crippen LogP contribution in [0.4, 0.5) is 5.69 Å². The summed E-state index contributed by atoms with van der Waals surface area (Å²) in [6.07, 6.45) is 1.82. The standard InChI is InChI=1S/C25H22N2O5/c1-15-22(23(28)18-10-11-19(26)21(13-18)31-2)27-12-4-3-5-20(27)24(15)32-14-16-6-8-17(9-7-16)25(29)30/h3-13H,14,26H2,1-2H3,(H,29,30). The molecule has 3 N–H and O–H groups in total. The highest BCUT2D eigenvalue weighted by atomic mass is 16.5. The number of aromatic carboxylic acids is 1. The molecule has 0 aliphatic heterocycles. The summed E-state index contributed by atoms with van der Waals surface area (Å²) in [4.78, 5) is 24.5. The van der Waals surface area contributed by atoms with Gasteiger partial charge in [0.25, 0.3) is 0 Å². The highest BCUT2D eigenvalue weighted by molar-refractivity contribution is 6.10. The number of nitrogens with zero attached hydrogens (tertiary/aromatic N) is 1. The number of nitrogens with two attached hydrogens (primary N) is 1. The van der Waals surface area contributed by atoms with Crippen LogP contribution in [0.5, 0.6) is 11.5 Å². The van der Waals surface area contributed by atoms with Crippen molar-refractivity contribution in [3.63, 3.8) is 0 Å². The Hall–Kier alpha value is -4.26. The molecule has 0 aliphatic carbocycles. The van der Waals surface area contributed by atoms with Crippen LogP contribution in [0.3, 0.4) is 0 Å². The van der Waals surface area contributed by atoms with Gasteiger partial charge in [0.2, 0.25) is 5.78 Å². The fourth-order valence-corrected chi connectivity index (χ4v) is 3.65. The van der Waals surface area contributed by atoms with Crippen LogP contribution >= 0.6 is 0 Å². The number of hydrogen-bond acceptors (Lipinski definition) is 5. The lowest BCUT2D eigenvalue weighted by Gasteiger charge is -2.08. The van der Waals surface area contributed by atoms with Crippen LogP contribution in [0.2, 0.25) is 0 Å². The Morgan fingerprint density at radius 1 is 1.03 bits per heavy atom. The number of ketones is 1. The van der Waals surface area contributed by atoms with Gasteiger partial charge in [0.15, 0.2) is 0 Å². The molecule has 2 aromatic carbocycles. The topological polar surface area (TPSA) is 103 Å². The summed E-state index contributed by atoms with van der Waals surface area (Å²) in [7, 11) is 1.51. The molecule has 0 saturated heterocycles. The lowest BCUT2D eigenvalue weighted by molar-refractivity contribution is 0.0696. The molecule has 2 heterocycles. The maximum absolute atomic E-state index is 13.4. The van der Waals surface area contributed by atoms with E-state index in [-0.39, 0.29) is 18.0 Å². The van der Waals surface area contributed by atoms with E-state index in [9.17, 15) is 9.59 Å². The molecule has 32 heavy (non-hydrogen) atoms. The Morgan fingerprint density at radius 2 is 1.75 bits per heavy atom. The Bertz CT molecular complexity index is 1320. The number of carboxylic acid groups (broad SMARTS) is 1. The molecule has 0 spiro atoms. The van der Waals surface area contributed by atoms with Crippen molar-refractivity contribution in [1.82, 2.24) is 4.40 Å². The zero-order valence-corrected chi connectivity index (χ0v) is 17.7. The van der Waals surface area contributed by atoms with E-state index >= 15 is 0 Å². The van der Waals surface area contributed by atoms with Gasteiger partial charge in [0, 0.05) is 17.3 Å². The first-order valence-electron chi connectivity index (χ1n) is 9.93. The van der Waals surface area contributed by atoms with Gasteiger partial charge in [-0.25, -0.2) is 4.79 Å². The second-order valence-corrected chi connectivity index (χ2v) is 7.34. The first kappa shape index (κ1) is 21.0. The zero-order valence-electron chi connectivity index (χ0n) is 17.7. The second-order valence-electron chi connectivity index (χ2n) is 7.34. The van der Waals surface area contributed by atoms with Crippen molar-refractivity contribution in [2.75, 3.05) is 12.8 Å². The van der Waals surface area contributed by atoms with Crippen molar-refractivity contribution in [3.8, 4) is 11.5 Å². The van der Waals surface area contributed by atoms with Gasteiger partial charge in [0.05, 0.1) is 23.9 Å². The van der Waals surface area contributed by atoms with E-state index in [0.29, 0.717) is 34.0 Å². The molecule has 7 nitrogen and oxygen atoms in total. The number of carbonyl (C=O) groups is 2. The summed E-state index contributed by atoms with van der Waals surface area (Å²) in [6, 6.07) is 17.1. The molecule has 0 radical (unpaired) electrons. The van der Waals surface area contributed by atoms with Crippen LogP contribution in [0, 0.1) is 6.92 Å². The minimum atomic E-state index is -0.978. The van der Waals surface area contributed by atoms with E-state index in [2.05, 4.69) is 0 Å². The van der Waals surface area contributed by atoms with Gasteiger partial charge >= 0.3 is 5.97 Å². The number of hydrogen-bond donors (Lipinski definition) is 2. The third kappa shape index (κ3) is 3.76. The van der Waals surface area contributed by atoms with Crippen LogP contribution in [-0.4, -0.2) is 28.4 Å². The summed E-state index contributed by atoms with van der Waals surface area (Å²) in [5.74, 6) is -0.119. The Morgan fingerprint density at radius 3 is 2.44 bits per heavy atom. The number of pyridine rings is 1. The van der Waals surface area contributed by atoms with Gasteiger partial charge in [-0.05, 0) is 55.0 Å².